The smallest absolute Gasteiger partial charge is 0.243 e. The van der Waals surface area contributed by atoms with Crippen LogP contribution in [0.15, 0.2) is 53.4 Å². The third-order valence-corrected chi connectivity index (χ3v) is 5.77. The van der Waals surface area contributed by atoms with Gasteiger partial charge in [0.25, 0.3) is 0 Å². The van der Waals surface area contributed by atoms with Gasteiger partial charge in [0.2, 0.25) is 10.0 Å². The summed E-state index contributed by atoms with van der Waals surface area (Å²) in [6.45, 7) is 2.11. The maximum absolute atomic E-state index is 13.1. The molecule has 1 fully saturated rings. The second-order valence-electron chi connectivity index (χ2n) is 5.76. The fourth-order valence-electron chi connectivity index (χ4n) is 2.73. The number of ether oxygens (including phenoxy) is 1. The summed E-state index contributed by atoms with van der Waals surface area (Å²) < 4.78 is 58.8. The van der Waals surface area contributed by atoms with Crippen LogP contribution in [0.5, 0.6) is 0 Å². The van der Waals surface area contributed by atoms with E-state index in [0.717, 1.165) is 12.1 Å². The van der Waals surface area contributed by atoms with Gasteiger partial charge in [-0.3, -0.25) is 0 Å². The van der Waals surface area contributed by atoms with E-state index in [1.54, 1.807) is 19.1 Å². The van der Waals surface area contributed by atoms with Crippen molar-refractivity contribution < 1.29 is 21.9 Å². The molecule has 0 radical (unpaired) electrons. The van der Waals surface area contributed by atoms with E-state index in [1.807, 2.05) is 0 Å². The molecule has 3 rings (SSSR count). The zero-order valence-corrected chi connectivity index (χ0v) is 13.8. The van der Waals surface area contributed by atoms with Crippen molar-refractivity contribution in [2.75, 3.05) is 13.1 Å². The average molecular weight is 353 g/mol. The number of halogens is 2. The van der Waals surface area contributed by atoms with Crippen LogP contribution in [0.25, 0.3) is 0 Å². The number of rotatable bonds is 3. The van der Waals surface area contributed by atoms with Crippen molar-refractivity contribution >= 4 is 10.0 Å². The van der Waals surface area contributed by atoms with E-state index in [-0.39, 0.29) is 29.9 Å². The topological polar surface area (TPSA) is 46.6 Å². The van der Waals surface area contributed by atoms with Crippen LogP contribution < -0.4 is 0 Å². The Morgan fingerprint density at radius 3 is 2.08 bits per heavy atom. The Morgan fingerprint density at radius 1 is 0.958 bits per heavy atom. The second kappa shape index (κ2) is 6.58. The van der Waals surface area contributed by atoms with Crippen molar-refractivity contribution in [1.29, 1.82) is 0 Å². The maximum Gasteiger partial charge on any atom is 0.243 e. The molecule has 1 aliphatic rings. The van der Waals surface area contributed by atoms with Crippen molar-refractivity contribution in [3.63, 3.8) is 0 Å². The molecule has 24 heavy (non-hydrogen) atoms. The van der Waals surface area contributed by atoms with Gasteiger partial charge in [0.15, 0.2) is 0 Å². The quantitative estimate of drug-likeness (QED) is 0.852. The molecule has 2 unspecified atom stereocenters. The highest BCUT2D eigenvalue weighted by Gasteiger charge is 2.34. The molecule has 0 saturated carbocycles. The highest BCUT2D eigenvalue weighted by atomic mass is 32.2. The molecule has 2 aromatic rings. The minimum atomic E-state index is -3.75. The van der Waals surface area contributed by atoms with Gasteiger partial charge >= 0.3 is 0 Å². The summed E-state index contributed by atoms with van der Waals surface area (Å²) in [7, 11) is -3.75. The lowest BCUT2D eigenvalue weighted by atomic mass is 10.1. The third kappa shape index (κ3) is 3.48. The van der Waals surface area contributed by atoms with E-state index in [2.05, 4.69) is 0 Å². The highest BCUT2D eigenvalue weighted by molar-refractivity contribution is 7.89. The van der Waals surface area contributed by atoms with Gasteiger partial charge in [-0.25, -0.2) is 17.2 Å². The lowest BCUT2D eigenvalue weighted by molar-refractivity contribution is -0.0557. The number of hydrogen-bond donors (Lipinski definition) is 0. The number of sulfonamides is 1. The molecule has 7 heteroatoms. The Balaban J connectivity index is 1.87. The standard InChI is InChI=1S/C17H17F2NO3S/c1-12-10-20(24(21,22)16-8-6-15(19)7-9-16)11-17(23-12)13-2-4-14(18)5-3-13/h2-9,12,17H,10-11H2,1H3. The zero-order chi connectivity index (χ0) is 17.3. The summed E-state index contributed by atoms with van der Waals surface area (Å²) in [6, 6.07) is 10.5. The molecule has 1 aliphatic heterocycles. The van der Waals surface area contributed by atoms with E-state index in [9.17, 15) is 17.2 Å². The van der Waals surface area contributed by atoms with Crippen molar-refractivity contribution in [2.24, 2.45) is 0 Å². The minimum absolute atomic E-state index is 0.0378. The van der Waals surface area contributed by atoms with Gasteiger partial charge in [-0.2, -0.15) is 4.31 Å². The molecule has 4 nitrogen and oxygen atoms in total. The van der Waals surface area contributed by atoms with Gasteiger partial charge in [-0.1, -0.05) is 12.1 Å². The molecule has 0 bridgehead atoms. The fourth-order valence-corrected chi connectivity index (χ4v) is 4.24. The van der Waals surface area contributed by atoms with Crippen LogP contribution in [0.3, 0.4) is 0 Å². The molecule has 0 amide bonds. The first-order valence-corrected chi connectivity index (χ1v) is 8.97. The molecular formula is C17H17F2NO3S. The highest BCUT2D eigenvalue weighted by Crippen LogP contribution is 2.29. The number of nitrogens with zero attached hydrogens (tertiary/aromatic N) is 1. The maximum atomic E-state index is 13.1. The Bertz CT molecular complexity index is 807. The predicted octanol–water partition coefficient (Wildman–Crippen LogP) is 3.12. The normalized spacial score (nSPS) is 22.5. The van der Waals surface area contributed by atoms with Gasteiger partial charge in [0, 0.05) is 13.1 Å². The monoisotopic (exact) mass is 353 g/mol. The number of morpholine rings is 1. The van der Waals surface area contributed by atoms with E-state index in [0.29, 0.717) is 5.56 Å². The van der Waals surface area contributed by atoms with Crippen LogP contribution in [-0.4, -0.2) is 31.9 Å². The van der Waals surface area contributed by atoms with Crippen molar-refractivity contribution in [1.82, 2.24) is 4.31 Å². The first kappa shape index (κ1) is 17.0. The second-order valence-corrected chi connectivity index (χ2v) is 7.70. The largest absolute Gasteiger partial charge is 0.368 e. The molecule has 128 valence electrons. The molecule has 0 aromatic heterocycles. The van der Waals surface area contributed by atoms with Crippen LogP contribution in [0, 0.1) is 11.6 Å². The van der Waals surface area contributed by atoms with Gasteiger partial charge in [0.1, 0.15) is 11.6 Å². The summed E-state index contributed by atoms with van der Waals surface area (Å²) in [5.74, 6) is -0.855. The Kier molecular flexibility index (Phi) is 4.67. The zero-order valence-electron chi connectivity index (χ0n) is 13.0. The van der Waals surface area contributed by atoms with Crippen LogP contribution in [0.1, 0.15) is 18.6 Å². The van der Waals surface area contributed by atoms with Crippen LogP contribution in [0.2, 0.25) is 0 Å². The third-order valence-electron chi connectivity index (χ3n) is 3.92. The Labute approximate surface area is 139 Å². The minimum Gasteiger partial charge on any atom is -0.368 e. The van der Waals surface area contributed by atoms with E-state index in [1.165, 1.54) is 28.6 Å². The van der Waals surface area contributed by atoms with Crippen molar-refractivity contribution in [3.05, 3.63) is 65.7 Å². The van der Waals surface area contributed by atoms with Crippen LogP contribution in [0.4, 0.5) is 8.78 Å². The predicted molar refractivity (Wildman–Crippen MR) is 84.8 cm³/mol. The van der Waals surface area contributed by atoms with Gasteiger partial charge in [0.05, 0.1) is 17.1 Å². The number of hydrogen-bond acceptors (Lipinski definition) is 3. The molecule has 1 heterocycles. The van der Waals surface area contributed by atoms with E-state index in [4.69, 9.17) is 4.74 Å². The van der Waals surface area contributed by atoms with Gasteiger partial charge < -0.3 is 4.74 Å². The fraction of sp³-hybridized carbons (Fsp3) is 0.294. The summed E-state index contributed by atoms with van der Waals surface area (Å²) in [4.78, 5) is 0.0378. The lowest BCUT2D eigenvalue weighted by Crippen LogP contribution is -2.45. The van der Waals surface area contributed by atoms with Crippen LogP contribution >= 0.6 is 0 Å². The molecule has 2 atom stereocenters. The van der Waals surface area contributed by atoms with Crippen LogP contribution in [-0.2, 0) is 14.8 Å². The summed E-state index contributed by atoms with van der Waals surface area (Å²) >= 11 is 0. The first-order valence-electron chi connectivity index (χ1n) is 7.53. The summed E-state index contributed by atoms with van der Waals surface area (Å²) in [5.41, 5.74) is 0.710. The molecule has 2 aromatic carbocycles. The summed E-state index contributed by atoms with van der Waals surface area (Å²) in [5, 5.41) is 0. The molecule has 0 N–H and O–H groups in total. The van der Waals surface area contributed by atoms with E-state index >= 15 is 0 Å². The van der Waals surface area contributed by atoms with Crippen molar-refractivity contribution in [2.45, 2.75) is 24.0 Å². The molecule has 0 aliphatic carbocycles. The first-order chi connectivity index (χ1) is 11.4. The molecule has 0 spiro atoms. The van der Waals surface area contributed by atoms with Crippen molar-refractivity contribution in [3.8, 4) is 0 Å². The molecule has 1 saturated heterocycles. The average Bonchev–Trinajstić information content (AvgIpc) is 2.55. The number of benzene rings is 2. The summed E-state index contributed by atoms with van der Waals surface area (Å²) in [6.07, 6.45) is -0.798. The van der Waals surface area contributed by atoms with Gasteiger partial charge in [-0.05, 0) is 48.9 Å². The van der Waals surface area contributed by atoms with Gasteiger partial charge in [-0.15, -0.1) is 0 Å². The molecular weight excluding hydrogens is 336 g/mol. The Morgan fingerprint density at radius 2 is 1.50 bits per heavy atom. The van der Waals surface area contributed by atoms with E-state index < -0.39 is 21.9 Å². The lowest BCUT2D eigenvalue weighted by Gasteiger charge is -2.36. The SMILES string of the molecule is CC1CN(S(=O)(=O)c2ccc(F)cc2)CC(c2ccc(F)cc2)O1. The Hall–Kier alpha value is -1.83.